The van der Waals surface area contributed by atoms with Crippen LogP contribution in [-0.2, 0) is 6.42 Å². The van der Waals surface area contributed by atoms with E-state index in [1.165, 1.54) is 44.8 Å². The summed E-state index contributed by atoms with van der Waals surface area (Å²) in [5.41, 5.74) is 16.9. The van der Waals surface area contributed by atoms with Gasteiger partial charge in [-0.2, -0.15) is 0 Å². The van der Waals surface area contributed by atoms with E-state index in [0.29, 0.717) is 23.7 Å². The SMILES string of the molecule is CC(C)c1cccc(C(C)C)c1-n1c(-c2ccccc2)cnc1-c1cccc(Cc2cccc(-c3ncc(-c4ccccc4)n3-c3c(C(C)C)cccc3C(C)C)c2)c1. The van der Waals surface area contributed by atoms with Gasteiger partial charge >= 0.3 is 0 Å². The summed E-state index contributed by atoms with van der Waals surface area (Å²) >= 11 is 0. The first kappa shape index (κ1) is 39.6. The third kappa shape index (κ3) is 7.84. The van der Waals surface area contributed by atoms with E-state index in [2.05, 4.69) is 223 Å². The van der Waals surface area contributed by atoms with Gasteiger partial charge in [0.15, 0.2) is 0 Å². The highest BCUT2D eigenvalue weighted by atomic mass is 15.1. The minimum Gasteiger partial charge on any atom is -0.292 e. The molecule has 0 aliphatic carbocycles. The number of rotatable bonds is 12. The molecule has 0 atom stereocenters. The molecule has 0 radical (unpaired) electrons. The molecule has 0 saturated heterocycles. The van der Waals surface area contributed by atoms with Gasteiger partial charge in [0.2, 0.25) is 0 Å². The Kier molecular flexibility index (Phi) is 11.3. The molecule has 296 valence electrons. The van der Waals surface area contributed by atoms with Gasteiger partial charge < -0.3 is 0 Å². The molecule has 2 aromatic heterocycles. The predicted octanol–water partition coefficient (Wildman–Crippen LogP) is 14.8. The van der Waals surface area contributed by atoms with Crippen LogP contribution < -0.4 is 0 Å². The van der Waals surface area contributed by atoms with Crippen molar-refractivity contribution in [1.82, 2.24) is 19.1 Å². The lowest BCUT2D eigenvalue weighted by atomic mass is 9.92. The first-order valence-electron chi connectivity index (χ1n) is 21.3. The van der Waals surface area contributed by atoms with E-state index in [1.54, 1.807) is 0 Å². The van der Waals surface area contributed by atoms with Crippen molar-refractivity contribution in [2.75, 3.05) is 0 Å². The maximum absolute atomic E-state index is 5.20. The molecular formula is C55H56N4. The van der Waals surface area contributed by atoms with Crippen LogP contribution >= 0.6 is 0 Å². The van der Waals surface area contributed by atoms with Gasteiger partial charge in [0, 0.05) is 22.3 Å². The number of hydrogen-bond acceptors (Lipinski definition) is 2. The topological polar surface area (TPSA) is 35.6 Å². The molecule has 4 nitrogen and oxygen atoms in total. The van der Waals surface area contributed by atoms with Gasteiger partial charge in [0.05, 0.1) is 35.2 Å². The Morgan fingerprint density at radius 2 is 0.695 bits per heavy atom. The van der Waals surface area contributed by atoms with Gasteiger partial charge in [-0.25, -0.2) is 9.97 Å². The third-order valence-corrected chi connectivity index (χ3v) is 11.6. The van der Waals surface area contributed by atoms with Gasteiger partial charge in [-0.1, -0.05) is 189 Å². The lowest BCUT2D eigenvalue weighted by molar-refractivity contribution is 0.808. The molecule has 0 aliphatic rings. The molecule has 8 aromatic rings. The van der Waals surface area contributed by atoms with Crippen molar-refractivity contribution in [2.24, 2.45) is 0 Å². The quantitative estimate of drug-likeness (QED) is 0.124. The third-order valence-electron chi connectivity index (χ3n) is 11.6. The zero-order valence-electron chi connectivity index (χ0n) is 35.8. The molecule has 0 unspecified atom stereocenters. The molecule has 8 rings (SSSR count). The summed E-state index contributed by atoms with van der Waals surface area (Å²) in [5.74, 6) is 3.28. The van der Waals surface area contributed by atoms with Crippen molar-refractivity contribution in [2.45, 2.75) is 85.5 Å². The summed E-state index contributed by atoms with van der Waals surface area (Å²) in [7, 11) is 0. The lowest BCUT2D eigenvalue weighted by Gasteiger charge is -2.24. The fourth-order valence-corrected chi connectivity index (χ4v) is 8.61. The molecule has 0 saturated carbocycles. The Labute approximate surface area is 351 Å². The number of nitrogens with zero attached hydrogens (tertiary/aromatic N) is 4. The van der Waals surface area contributed by atoms with Crippen molar-refractivity contribution in [1.29, 1.82) is 0 Å². The van der Waals surface area contributed by atoms with Gasteiger partial charge in [0.25, 0.3) is 0 Å². The van der Waals surface area contributed by atoms with Crippen LogP contribution in [-0.4, -0.2) is 19.1 Å². The zero-order chi connectivity index (χ0) is 41.2. The molecule has 0 N–H and O–H groups in total. The second-order valence-corrected chi connectivity index (χ2v) is 17.1. The monoisotopic (exact) mass is 772 g/mol. The fraction of sp³-hybridized carbons (Fsp3) is 0.236. The smallest absolute Gasteiger partial charge is 0.145 e. The molecule has 0 fully saturated rings. The van der Waals surface area contributed by atoms with Crippen LogP contribution in [0.4, 0.5) is 0 Å². The molecule has 2 heterocycles. The Bertz CT molecular complexity index is 2450. The van der Waals surface area contributed by atoms with Crippen LogP contribution in [0.2, 0.25) is 0 Å². The van der Waals surface area contributed by atoms with Crippen molar-refractivity contribution in [3.63, 3.8) is 0 Å². The molecule has 6 aromatic carbocycles. The van der Waals surface area contributed by atoms with Crippen LogP contribution in [0.25, 0.3) is 56.7 Å². The van der Waals surface area contributed by atoms with Crippen LogP contribution in [0.3, 0.4) is 0 Å². The number of aromatic nitrogens is 4. The summed E-state index contributed by atoms with van der Waals surface area (Å²) in [6.07, 6.45) is 4.88. The van der Waals surface area contributed by atoms with Gasteiger partial charge in [-0.3, -0.25) is 9.13 Å². The van der Waals surface area contributed by atoms with Gasteiger partial charge in [-0.05, 0) is 75.6 Å². The zero-order valence-corrected chi connectivity index (χ0v) is 35.8. The van der Waals surface area contributed by atoms with E-state index in [1.807, 2.05) is 0 Å². The van der Waals surface area contributed by atoms with E-state index in [9.17, 15) is 0 Å². The van der Waals surface area contributed by atoms with E-state index in [-0.39, 0.29) is 0 Å². The van der Waals surface area contributed by atoms with Crippen LogP contribution in [0, 0.1) is 0 Å². The van der Waals surface area contributed by atoms with Crippen LogP contribution in [0.5, 0.6) is 0 Å². The van der Waals surface area contributed by atoms with E-state index in [4.69, 9.17) is 9.97 Å². The van der Waals surface area contributed by atoms with E-state index < -0.39 is 0 Å². The minimum atomic E-state index is 0.344. The Balaban J connectivity index is 1.23. The van der Waals surface area contributed by atoms with Crippen molar-refractivity contribution < 1.29 is 0 Å². The maximum atomic E-state index is 5.20. The minimum absolute atomic E-state index is 0.344. The lowest BCUT2D eigenvalue weighted by Crippen LogP contribution is -2.10. The summed E-state index contributed by atoms with van der Waals surface area (Å²) in [5, 5.41) is 0. The number of imidazole rings is 2. The fourth-order valence-electron chi connectivity index (χ4n) is 8.61. The van der Waals surface area contributed by atoms with E-state index in [0.717, 1.165) is 51.7 Å². The highest BCUT2D eigenvalue weighted by molar-refractivity contribution is 5.74. The van der Waals surface area contributed by atoms with Crippen LogP contribution in [0.1, 0.15) is 112 Å². The van der Waals surface area contributed by atoms with E-state index >= 15 is 0 Å². The van der Waals surface area contributed by atoms with Gasteiger partial charge in [-0.15, -0.1) is 0 Å². The molecule has 0 bridgehead atoms. The maximum Gasteiger partial charge on any atom is 0.145 e. The Morgan fingerprint density at radius 1 is 0.373 bits per heavy atom. The Hall–Kier alpha value is -6.26. The first-order valence-corrected chi connectivity index (χ1v) is 21.3. The highest BCUT2D eigenvalue weighted by Gasteiger charge is 2.25. The molecule has 0 aliphatic heterocycles. The first-order chi connectivity index (χ1) is 28.6. The van der Waals surface area contributed by atoms with Gasteiger partial charge in [0.1, 0.15) is 11.6 Å². The summed E-state index contributed by atoms with van der Waals surface area (Å²) in [6.45, 7) is 18.3. The largest absolute Gasteiger partial charge is 0.292 e. The average Bonchev–Trinajstić information content (AvgIpc) is 3.90. The summed E-state index contributed by atoms with van der Waals surface area (Å²) < 4.78 is 4.84. The second-order valence-electron chi connectivity index (χ2n) is 17.1. The van der Waals surface area contributed by atoms with Crippen molar-refractivity contribution >= 4 is 0 Å². The number of hydrogen-bond donors (Lipinski definition) is 0. The molecular weight excluding hydrogens is 717 g/mol. The highest BCUT2D eigenvalue weighted by Crippen LogP contribution is 2.40. The van der Waals surface area contributed by atoms with Crippen molar-refractivity contribution in [3.8, 4) is 56.7 Å². The van der Waals surface area contributed by atoms with Crippen molar-refractivity contribution in [3.05, 3.63) is 191 Å². The molecule has 4 heteroatoms. The number of para-hydroxylation sites is 2. The predicted molar refractivity (Wildman–Crippen MR) is 248 cm³/mol. The molecule has 0 spiro atoms. The standard InChI is InChI=1S/C55H56N4/c1-36(2)46-27-17-28-47(37(3)4)52(46)58-50(42-21-11-9-12-22-42)34-56-54(58)44-25-15-19-40(32-44)31-41-20-16-26-45(33-41)55-57-35-51(43-23-13-10-14-24-43)59(55)53-48(38(5)6)29-18-30-49(53)39(7)8/h9-30,32-39H,31H2,1-8H3. The molecule has 59 heavy (non-hydrogen) atoms. The second kappa shape index (κ2) is 16.9. The summed E-state index contributed by atoms with van der Waals surface area (Å²) in [4.78, 5) is 10.4. The normalized spacial score (nSPS) is 11.7. The summed E-state index contributed by atoms with van der Waals surface area (Å²) in [6, 6.07) is 52.8. The average molecular weight is 773 g/mol. The Morgan fingerprint density at radius 3 is 1.03 bits per heavy atom. The van der Waals surface area contributed by atoms with Crippen LogP contribution in [0.15, 0.2) is 158 Å². The molecule has 0 amide bonds. The number of benzene rings is 6.